The smallest absolute Gasteiger partial charge is 0.227 e. The third-order valence-electron chi connectivity index (χ3n) is 3.82. The van der Waals surface area contributed by atoms with Crippen LogP contribution in [0.4, 0.5) is 4.39 Å². The molecule has 0 spiro atoms. The second-order valence-corrected chi connectivity index (χ2v) is 5.38. The second-order valence-electron chi connectivity index (χ2n) is 5.38. The summed E-state index contributed by atoms with van der Waals surface area (Å²) in [5, 5.41) is 0. The highest BCUT2D eigenvalue weighted by Crippen LogP contribution is 2.08. The number of carbonyl (C=O) groups is 1. The number of unbranched alkanes of at least 4 members (excludes halogenated alkanes) is 1. The van der Waals surface area contributed by atoms with Gasteiger partial charge in [0.25, 0.3) is 0 Å². The fourth-order valence-electron chi connectivity index (χ4n) is 2.49. The summed E-state index contributed by atoms with van der Waals surface area (Å²) in [4.78, 5) is 16.5. The fraction of sp³-hybridized carbons (Fsp3) is 0.562. The first-order chi connectivity index (χ1) is 9.69. The molecule has 1 heterocycles. The predicted molar refractivity (Wildman–Crippen MR) is 78.0 cm³/mol. The van der Waals surface area contributed by atoms with E-state index in [4.69, 9.17) is 0 Å². The van der Waals surface area contributed by atoms with E-state index in [0.29, 0.717) is 6.42 Å². The van der Waals surface area contributed by atoms with Gasteiger partial charge in [-0.1, -0.05) is 25.5 Å². The van der Waals surface area contributed by atoms with E-state index in [1.807, 2.05) is 4.90 Å². The van der Waals surface area contributed by atoms with Gasteiger partial charge in [-0.3, -0.25) is 9.69 Å². The first kappa shape index (κ1) is 15.0. The summed E-state index contributed by atoms with van der Waals surface area (Å²) in [6, 6.07) is 6.19. The van der Waals surface area contributed by atoms with Crippen LogP contribution in [0, 0.1) is 5.82 Å². The predicted octanol–water partition coefficient (Wildman–Crippen LogP) is 2.31. The quantitative estimate of drug-likeness (QED) is 0.825. The average molecular weight is 278 g/mol. The highest BCUT2D eigenvalue weighted by atomic mass is 19.1. The molecule has 0 N–H and O–H groups in total. The molecule has 0 aliphatic carbocycles. The summed E-state index contributed by atoms with van der Waals surface area (Å²) in [7, 11) is 0. The number of amides is 1. The Morgan fingerprint density at radius 1 is 1.15 bits per heavy atom. The minimum Gasteiger partial charge on any atom is -0.340 e. The van der Waals surface area contributed by atoms with Crippen molar-refractivity contribution in [2.24, 2.45) is 0 Å². The number of piperazine rings is 1. The molecular formula is C16H23FN2O. The third-order valence-corrected chi connectivity index (χ3v) is 3.82. The first-order valence-corrected chi connectivity index (χ1v) is 7.43. The van der Waals surface area contributed by atoms with Crippen molar-refractivity contribution >= 4 is 5.91 Å². The molecule has 1 aliphatic rings. The maximum Gasteiger partial charge on any atom is 0.227 e. The molecule has 1 aromatic rings. The number of hydrogen-bond acceptors (Lipinski definition) is 2. The van der Waals surface area contributed by atoms with E-state index >= 15 is 0 Å². The summed E-state index contributed by atoms with van der Waals surface area (Å²) in [5.74, 6) is -0.113. The lowest BCUT2D eigenvalue weighted by atomic mass is 10.1. The zero-order chi connectivity index (χ0) is 14.4. The molecule has 2 rings (SSSR count). The van der Waals surface area contributed by atoms with Gasteiger partial charge in [0.2, 0.25) is 5.91 Å². The van der Waals surface area contributed by atoms with Crippen LogP contribution in [-0.2, 0) is 11.2 Å². The highest BCUT2D eigenvalue weighted by molar-refractivity contribution is 5.78. The number of nitrogens with zero attached hydrogens (tertiary/aromatic N) is 2. The van der Waals surface area contributed by atoms with Crippen LogP contribution in [0.5, 0.6) is 0 Å². The standard InChI is InChI=1S/C16H23FN2O/c1-2-3-8-18-9-11-19(12-10-18)16(20)13-14-4-6-15(17)7-5-14/h4-7H,2-3,8-13H2,1H3. The Hall–Kier alpha value is -1.42. The van der Waals surface area contributed by atoms with Gasteiger partial charge in [-0.2, -0.15) is 0 Å². The van der Waals surface area contributed by atoms with Crippen LogP contribution < -0.4 is 0 Å². The van der Waals surface area contributed by atoms with E-state index in [-0.39, 0.29) is 11.7 Å². The number of carbonyl (C=O) groups excluding carboxylic acids is 1. The third kappa shape index (κ3) is 4.30. The van der Waals surface area contributed by atoms with Gasteiger partial charge in [0, 0.05) is 26.2 Å². The van der Waals surface area contributed by atoms with E-state index in [9.17, 15) is 9.18 Å². The van der Waals surface area contributed by atoms with Crippen LogP contribution in [0.1, 0.15) is 25.3 Å². The molecule has 0 saturated carbocycles. The number of benzene rings is 1. The van der Waals surface area contributed by atoms with Crippen LogP contribution in [0.15, 0.2) is 24.3 Å². The molecule has 20 heavy (non-hydrogen) atoms. The SMILES string of the molecule is CCCCN1CCN(C(=O)Cc2ccc(F)cc2)CC1. The summed E-state index contributed by atoms with van der Waals surface area (Å²) >= 11 is 0. The molecule has 0 radical (unpaired) electrons. The van der Waals surface area contributed by atoms with E-state index in [1.165, 1.54) is 25.0 Å². The van der Waals surface area contributed by atoms with Crippen molar-refractivity contribution in [2.45, 2.75) is 26.2 Å². The average Bonchev–Trinajstić information content (AvgIpc) is 2.48. The Morgan fingerprint density at radius 2 is 1.80 bits per heavy atom. The molecule has 1 fully saturated rings. The van der Waals surface area contributed by atoms with Gasteiger partial charge >= 0.3 is 0 Å². The van der Waals surface area contributed by atoms with Gasteiger partial charge in [0.15, 0.2) is 0 Å². The molecule has 3 nitrogen and oxygen atoms in total. The van der Waals surface area contributed by atoms with Crippen LogP contribution in [-0.4, -0.2) is 48.4 Å². The largest absolute Gasteiger partial charge is 0.340 e. The van der Waals surface area contributed by atoms with Crippen LogP contribution >= 0.6 is 0 Å². The van der Waals surface area contributed by atoms with Crippen molar-refractivity contribution in [2.75, 3.05) is 32.7 Å². The van der Waals surface area contributed by atoms with Crippen molar-refractivity contribution in [1.82, 2.24) is 9.80 Å². The summed E-state index contributed by atoms with van der Waals surface area (Å²) in [6.45, 7) is 6.89. The minimum absolute atomic E-state index is 0.145. The zero-order valence-electron chi connectivity index (χ0n) is 12.1. The Morgan fingerprint density at radius 3 is 2.40 bits per heavy atom. The number of hydrogen-bond donors (Lipinski definition) is 0. The van der Waals surface area contributed by atoms with Gasteiger partial charge in [-0.05, 0) is 30.7 Å². The highest BCUT2D eigenvalue weighted by Gasteiger charge is 2.20. The first-order valence-electron chi connectivity index (χ1n) is 7.43. The number of halogens is 1. The lowest BCUT2D eigenvalue weighted by Crippen LogP contribution is -2.49. The van der Waals surface area contributed by atoms with Crippen LogP contribution in [0.25, 0.3) is 0 Å². The van der Waals surface area contributed by atoms with Gasteiger partial charge in [0.1, 0.15) is 5.82 Å². The molecule has 1 aromatic carbocycles. The molecule has 0 bridgehead atoms. The molecule has 110 valence electrons. The Bertz CT molecular complexity index is 425. The van der Waals surface area contributed by atoms with Crippen molar-refractivity contribution in [3.05, 3.63) is 35.6 Å². The number of rotatable bonds is 5. The van der Waals surface area contributed by atoms with Crippen LogP contribution in [0.3, 0.4) is 0 Å². The summed E-state index contributed by atoms with van der Waals surface area (Å²) < 4.78 is 12.8. The van der Waals surface area contributed by atoms with E-state index in [1.54, 1.807) is 12.1 Å². The molecular weight excluding hydrogens is 255 g/mol. The van der Waals surface area contributed by atoms with E-state index in [2.05, 4.69) is 11.8 Å². The molecule has 1 aliphatic heterocycles. The van der Waals surface area contributed by atoms with Gasteiger partial charge in [-0.15, -0.1) is 0 Å². The summed E-state index contributed by atoms with van der Waals surface area (Å²) in [6.07, 6.45) is 2.81. The maximum absolute atomic E-state index is 12.8. The topological polar surface area (TPSA) is 23.6 Å². The van der Waals surface area contributed by atoms with Crippen molar-refractivity contribution in [1.29, 1.82) is 0 Å². The Balaban J connectivity index is 1.78. The van der Waals surface area contributed by atoms with E-state index in [0.717, 1.165) is 38.3 Å². The molecule has 0 aromatic heterocycles. The maximum atomic E-state index is 12.8. The van der Waals surface area contributed by atoms with Crippen LogP contribution in [0.2, 0.25) is 0 Å². The molecule has 1 amide bonds. The Labute approximate surface area is 120 Å². The van der Waals surface area contributed by atoms with Crippen molar-refractivity contribution < 1.29 is 9.18 Å². The summed E-state index contributed by atoms with van der Waals surface area (Å²) in [5.41, 5.74) is 0.879. The van der Waals surface area contributed by atoms with Gasteiger partial charge in [0.05, 0.1) is 6.42 Å². The van der Waals surface area contributed by atoms with Gasteiger partial charge in [-0.25, -0.2) is 4.39 Å². The Kier molecular flexibility index (Phi) is 5.53. The van der Waals surface area contributed by atoms with Gasteiger partial charge < -0.3 is 4.90 Å². The monoisotopic (exact) mass is 278 g/mol. The lowest BCUT2D eigenvalue weighted by molar-refractivity contribution is -0.132. The minimum atomic E-state index is -0.259. The fourth-order valence-corrected chi connectivity index (χ4v) is 2.49. The molecule has 1 saturated heterocycles. The molecule has 0 atom stereocenters. The normalized spacial score (nSPS) is 16.4. The van der Waals surface area contributed by atoms with Crippen molar-refractivity contribution in [3.63, 3.8) is 0 Å². The molecule has 0 unspecified atom stereocenters. The lowest BCUT2D eigenvalue weighted by Gasteiger charge is -2.34. The molecule has 4 heteroatoms. The second kappa shape index (κ2) is 7.39. The zero-order valence-corrected chi connectivity index (χ0v) is 12.1. The van der Waals surface area contributed by atoms with E-state index < -0.39 is 0 Å². The van der Waals surface area contributed by atoms with Crippen molar-refractivity contribution in [3.8, 4) is 0 Å².